The fourth-order valence-electron chi connectivity index (χ4n) is 2.52. The van der Waals surface area contributed by atoms with Crippen molar-refractivity contribution in [3.8, 4) is 17.2 Å². The first-order valence-electron chi connectivity index (χ1n) is 7.78. The van der Waals surface area contributed by atoms with Crippen molar-refractivity contribution in [1.82, 2.24) is 4.90 Å². The molecule has 2 amide bonds. The second-order valence-electron chi connectivity index (χ2n) is 5.60. The molecular formula is C18H12F3NO6. The van der Waals surface area contributed by atoms with Crippen molar-refractivity contribution in [1.29, 1.82) is 0 Å². The SMILES string of the molecule is COC(=O)CN1C(=O)c2ccc(Oc3ccc(OC(F)(F)F)cc3)cc2C1=O. The fraction of sp³-hybridized carbons (Fsp3) is 0.167. The van der Waals surface area contributed by atoms with E-state index in [9.17, 15) is 27.6 Å². The summed E-state index contributed by atoms with van der Waals surface area (Å²) in [5, 5.41) is 0. The maximum Gasteiger partial charge on any atom is 0.573 e. The number of fused-ring (bicyclic) bond motifs is 1. The van der Waals surface area contributed by atoms with E-state index in [0.717, 1.165) is 24.1 Å². The van der Waals surface area contributed by atoms with Gasteiger partial charge in [0.15, 0.2) is 0 Å². The average Bonchev–Trinajstić information content (AvgIpc) is 2.86. The van der Waals surface area contributed by atoms with Gasteiger partial charge in [-0.3, -0.25) is 19.3 Å². The van der Waals surface area contributed by atoms with Crippen LogP contribution in [0, 0.1) is 0 Å². The zero-order chi connectivity index (χ0) is 20.5. The Morgan fingerprint density at radius 2 is 1.50 bits per heavy atom. The minimum atomic E-state index is -4.80. The summed E-state index contributed by atoms with van der Waals surface area (Å²) in [5.74, 6) is -2.09. The van der Waals surface area contributed by atoms with Gasteiger partial charge in [0.2, 0.25) is 0 Å². The second-order valence-corrected chi connectivity index (χ2v) is 5.60. The van der Waals surface area contributed by atoms with E-state index < -0.39 is 36.4 Å². The predicted octanol–water partition coefficient (Wildman–Crippen LogP) is 3.15. The number of rotatable bonds is 5. The van der Waals surface area contributed by atoms with Crippen molar-refractivity contribution in [3.05, 3.63) is 53.6 Å². The number of esters is 1. The quantitative estimate of drug-likeness (QED) is 0.572. The molecule has 1 aliphatic heterocycles. The molecule has 0 radical (unpaired) electrons. The number of carbonyl (C=O) groups excluding carboxylic acids is 3. The van der Waals surface area contributed by atoms with Gasteiger partial charge in [0.1, 0.15) is 23.8 Å². The Bertz CT molecular complexity index is 939. The molecule has 0 spiro atoms. The molecule has 3 rings (SSSR count). The number of benzene rings is 2. The van der Waals surface area contributed by atoms with Crippen molar-refractivity contribution in [3.63, 3.8) is 0 Å². The van der Waals surface area contributed by atoms with Crippen molar-refractivity contribution in [2.45, 2.75) is 6.36 Å². The van der Waals surface area contributed by atoms with Crippen molar-refractivity contribution < 1.29 is 41.8 Å². The van der Waals surface area contributed by atoms with Gasteiger partial charge in [0, 0.05) is 0 Å². The van der Waals surface area contributed by atoms with Gasteiger partial charge in [-0.05, 0) is 42.5 Å². The Morgan fingerprint density at radius 1 is 0.929 bits per heavy atom. The lowest BCUT2D eigenvalue weighted by Gasteiger charge is -2.11. The van der Waals surface area contributed by atoms with Crippen LogP contribution in [0.1, 0.15) is 20.7 Å². The third-order valence-electron chi connectivity index (χ3n) is 3.75. The number of methoxy groups -OCH3 is 1. The molecule has 2 aromatic rings. The highest BCUT2D eigenvalue weighted by Gasteiger charge is 2.37. The van der Waals surface area contributed by atoms with Gasteiger partial charge >= 0.3 is 12.3 Å². The van der Waals surface area contributed by atoms with Crippen molar-refractivity contribution in [2.75, 3.05) is 13.7 Å². The number of hydrogen-bond donors (Lipinski definition) is 0. The van der Waals surface area contributed by atoms with Gasteiger partial charge in [-0.25, -0.2) is 0 Å². The number of ether oxygens (including phenoxy) is 3. The third-order valence-corrected chi connectivity index (χ3v) is 3.75. The molecule has 0 unspecified atom stereocenters. The van der Waals surface area contributed by atoms with E-state index in [1.54, 1.807) is 0 Å². The maximum atomic E-state index is 12.4. The van der Waals surface area contributed by atoms with Crippen LogP contribution in [0.2, 0.25) is 0 Å². The summed E-state index contributed by atoms with van der Waals surface area (Å²) in [5.41, 5.74) is 0.151. The lowest BCUT2D eigenvalue weighted by molar-refractivity contribution is -0.274. The molecule has 0 saturated carbocycles. The molecule has 0 atom stereocenters. The Morgan fingerprint density at radius 3 is 2.11 bits per heavy atom. The number of alkyl halides is 3. The van der Waals surface area contributed by atoms with E-state index in [1.165, 1.54) is 30.3 Å². The molecule has 0 N–H and O–H groups in total. The molecule has 0 aromatic heterocycles. The van der Waals surface area contributed by atoms with Crippen LogP contribution in [0.25, 0.3) is 0 Å². The molecule has 0 aliphatic carbocycles. The van der Waals surface area contributed by atoms with Crippen LogP contribution in [0.3, 0.4) is 0 Å². The van der Waals surface area contributed by atoms with Gasteiger partial charge < -0.3 is 14.2 Å². The van der Waals surface area contributed by atoms with Crippen LogP contribution in [0.5, 0.6) is 17.2 Å². The maximum absolute atomic E-state index is 12.4. The predicted molar refractivity (Wildman–Crippen MR) is 87.0 cm³/mol. The normalized spacial score (nSPS) is 13.4. The topological polar surface area (TPSA) is 82.1 Å². The molecule has 10 heteroatoms. The lowest BCUT2D eigenvalue weighted by Crippen LogP contribution is -2.35. The van der Waals surface area contributed by atoms with E-state index in [1.807, 2.05) is 0 Å². The summed E-state index contributed by atoms with van der Waals surface area (Å²) in [6.07, 6.45) is -4.80. The van der Waals surface area contributed by atoms with Gasteiger partial charge in [-0.15, -0.1) is 13.2 Å². The standard InChI is InChI=1S/C18H12F3NO6/c1-26-15(23)9-22-16(24)13-7-6-12(8-14(13)17(22)25)27-10-2-4-11(5-3-10)28-18(19,20)21/h2-8H,9H2,1H3. The highest BCUT2D eigenvalue weighted by molar-refractivity contribution is 6.22. The molecule has 0 fully saturated rings. The smallest absolute Gasteiger partial charge is 0.468 e. The minimum Gasteiger partial charge on any atom is -0.468 e. The molecule has 1 aliphatic rings. The zero-order valence-corrected chi connectivity index (χ0v) is 14.3. The molecule has 146 valence electrons. The first-order chi connectivity index (χ1) is 13.2. The number of hydrogen-bond acceptors (Lipinski definition) is 6. The highest BCUT2D eigenvalue weighted by atomic mass is 19.4. The first-order valence-corrected chi connectivity index (χ1v) is 7.78. The van der Waals surface area contributed by atoms with Gasteiger partial charge in [-0.1, -0.05) is 0 Å². The lowest BCUT2D eigenvalue weighted by atomic mass is 10.1. The summed E-state index contributed by atoms with van der Waals surface area (Å²) >= 11 is 0. The first kappa shape index (κ1) is 19.2. The summed E-state index contributed by atoms with van der Waals surface area (Å²) in [6, 6.07) is 8.75. The van der Waals surface area contributed by atoms with Crippen LogP contribution >= 0.6 is 0 Å². The van der Waals surface area contributed by atoms with E-state index in [4.69, 9.17) is 4.74 Å². The molecule has 28 heavy (non-hydrogen) atoms. The van der Waals surface area contributed by atoms with Crippen LogP contribution in [-0.4, -0.2) is 42.7 Å². The van der Waals surface area contributed by atoms with E-state index in [0.29, 0.717) is 0 Å². The monoisotopic (exact) mass is 395 g/mol. The zero-order valence-electron chi connectivity index (χ0n) is 14.3. The Kier molecular flexibility index (Phi) is 4.95. The van der Waals surface area contributed by atoms with Gasteiger partial charge in [0.25, 0.3) is 11.8 Å². The minimum absolute atomic E-state index is 0.0448. The van der Waals surface area contributed by atoms with Crippen molar-refractivity contribution >= 4 is 17.8 Å². The number of halogens is 3. The fourth-order valence-corrected chi connectivity index (χ4v) is 2.52. The molecular weight excluding hydrogens is 383 g/mol. The van der Waals surface area contributed by atoms with E-state index in [-0.39, 0.29) is 22.6 Å². The Labute approximate surface area is 156 Å². The number of carbonyl (C=O) groups is 3. The van der Waals surface area contributed by atoms with Crippen molar-refractivity contribution in [2.24, 2.45) is 0 Å². The Balaban J connectivity index is 1.76. The highest BCUT2D eigenvalue weighted by Crippen LogP contribution is 2.31. The summed E-state index contributed by atoms with van der Waals surface area (Å²) in [4.78, 5) is 36.7. The van der Waals surface area contributed by atoms with E-state index >= 15 is 0 Å². The molecule has 2 aromatic carbocycles. The van der Waals surface area contributed by atoms with Gasteiger partial charge in [0.05, 0.1) is 18.2 Å². The molecule has 0 bridgehead atoms. The molecule has 0 saturated heterocycles. The summed E-state index contributed by atoms with van der Waals surface area (Å²) in [6.45, 7) is -0.514. The van der Waals surface area contributed by atoms with Crippen LogP contribution in [0.4, 0.5) is 13.2 Å². The number of imide groups is 1. The second kappa shape index (κ2) is 7.22. The summed E-state index contributed by atoms with van der Waals surface area (Å²) in [7, 11) is 1.14. The van der Waals surface area contributed by atoms with Crippen LogP contribution in [0.15, 0.2) is 42.5 Å². The number of nitrogens with zero attached hydrogens (tertiary/aromatic N) is 1. The summed E-state index contributed by atoms with van der Waals surface area (Å²) < 4.78 is 50.2. The molecule has 1 heterocycles. The largest absolute Gasteiger partial charge is 0.573 e. The third kappa shape index (κ3) is 4.05. The number of amides is 2. The Hall–Kier alpha value is -3.56. The van der Waals surface area contributed by atoms with Gasteiger partial charge in [-0.2, -0.15) is 0 Å². The average molecular weight is 395 g/mol. The van der Waals surface area contributed by atoms with Crippen LogP contribution in [-0.2, 0) is 9.53 Å². The van der Waals surface area contributed by atoms with E-state index in [2.05, 4.69) is 9.47 Å². The molecule has 7 nitrogen and oxygen atoms in total. The van der Waals surface area contributed by atoms with Crippen LogP contribution < -0.4 is 9.47 Å².